The average Bonchev–Trinajstić information content (AvgIpc) is 2.97. The van der Waals surface area contributed by atoms with E-state index in [1.165, 1.54) is 25.5 Å². The summed E-state index contributed by atoms with van der Waals surface area (Å²) in [5.74, 6) is -1.33. The fraction of sp³-hybridized carbons (Fsp3) is 0.188. The highest BCUT2D eigenvalue weighted by Gasteiger charge is 2.34. The molecular weight excluding hydrogens is 357 g/mol. The number of benzene rings is 1. The highest BCUT2D eigenvalue weighted by Crippen LogP contribution is 2.31. The van der Waals surface area contributed by atoms with Crippen molar-refractivity contribution in [2.24, 2.45) is 7.05 Å². The summed E-state index contributed by atoms with van der Waals surface area (Å²) < 4.78 is 66.3. The lowest BCUT2D eigenvalue weighted by Crippen LogP contribution is -2.07. The normalized spacial score (nSPS) is 11.6. The predicted molar refractivity (Wildman–Crippen MR) is 82.9 cm³/mol. The Morgan fingerprint density at radius 3 is 2.23 bits per heavy atom. The van der Waals surface area contributed by atoms with Gasteiger partial charge in [0, 0.05) is 37.1 Å². The molecule has 3 rings (SSSR count). The number of nitrogens with one attached hydrogen (secondary N) is 1. The molecule has 0 radical (unpaired) electrons. The fourth-order valence-electron chi connectivity index (χ4n) is 2.30. The second-order valence-corrected chi connectivity index (χ2v) is 5.39. The molecule has 0 aliphatic heterocycles. The van der Waals surface area contributed by atoms with E-state index >= 15 is 0 Å². The standard InChI is InChI=1S/C16H12F5N5/c1-26-13(5-14(25-26)16(19,20)21)9-6-22-15(23-7-9)24-8-10-11(17)3-2-4-12(10)18/h2-7H,8H2,1H3,(H,22,23,24). The fourth-order valence-corrected chi connectivity index (χ4v) is 2.30. The molecule has 10 heteroatoms. The van der Waals surface area contributed by atoms with Crippen molar-refractivity contribution in [2.45, 2.75) is 12.7 Å². The number of aromatic nitrogens is 4. The van der Waals surface area contributed by atoms with Gasteiger partial charge in [-0.15, -0.1) is 0 Å². The highest BCUT2D eigenvalue weighted by atomic mass is 19.4. The summed E-state index contributed by atoms with van der Waals surface area (Å²) >= 11 is 0. The number of hydrogen-bond acceptors (Lipinski definition) is 4. The smallest absolute Gasteiger partial charge is 0.350 e. The molecule has 136 valence electrons. The van der Waals surface area contributed by atoms with Crippen molar-refractivity contribution >= 4 is 5.95 Å². The quantitative estimate of drug-likeness (QED) is 0.711. The van der Waals surface area contributed by atoms with Gasteiger partial charge in [-0.2, -0.15) is 18.3 Å². The minimum absolute atomic E-state index is 0.0783. The molecule has 3 aromatic rings. The van der Waals surface area contributed by atoms with Gasteiger partial charge < -0.3 is 5.32 Å². The Labute approximate surface area is 144 Å². The third-order valence-electron chi connectivity index (χ3n) is 3.60. The van der Waals surface area contributed by atoms with Crippen molar-refractivity contribution in [2.75, 3.05) is 5.32 Å². The second kappa shape index (κ2) is 6.70. The van der Waals surface area contributed by atoms with E-state index in [0.29, 0.717) is 5.56 Å². The molecule has 0 amide bonds. The number of nitrogens with zero attached hydrogens (tertiary/aromatic N) is 4. The van der Waals surface area contributed by atoms with Crippen LogP contribution < -0.4 is 5.32 Å². The molecule has 0 saturated heterocycles. The molecule has 0 aliphatic carbocycles. The molecule has 1 N–H and O–H groups in total. The zero-order chi connectivity index (χ0) is 18.9. The summed E-state index contributed by atoms with van der Waals surface area (Å²) in [6, 6.07) is 4.40. The molecule has 2 aromatic heterocycles. The van der Waals surface area contributed by atoms with Crippen LogP contribution in [-0.2, 0) is 19.8 Å². The molecule has 26 heavy (non-hydrogen) atoms. The maximum atomic E-state index is 13.6. The van der Waals surface area contributed by atoms with Crippen molar-refractivity contribution in [1.82, 2.24) is 19.7 Å². The SMILES string of the molecule is Cn1nc(C(F)(F)F)cc1-c1cnc(NCc2c(F)cccc2F)nc1. The first-order valence-electron chi connectivity index (χ1n) is 7.36. The highest BCUT2D eigenvalue weighted by molar-refractivity contribution is 5.58. The molecule has 0 unspecified atom stereocenters. The van der Waals surface area contributed by atoms with Gasteiger partial charge in [0.25, 0.3) is 0 Å². The molecule has 1 aromatic carbocycles. The third-order valence-corrected chi connectivity index (χ3v) is 3.60. The Kier molecular flexibility index (Phi) is 4.58. The number of halogens is 5. The van der Waals surface area contributed by atoms with Gasteiger partial charge in [0.15, 0.2) is 5.69 Å². The summed E-state index contributed by atoms with van der Waals surface area (Å²) in [5.41, 5.74) is -0.684. The van der Waals surface area contributed by atoms with Crippen LogP contribution in [0, 0.1) is 11.6 Å². The molecule has 5 nitrogen and oxygen atoms in total. The topological polar surface area (TPSA) is 55.6 Å². The lowest BCUT2D eigenvalue weighted by atomic mass is 10.2. The molecule has 0 spiro atoms. The van der Waals surface area contributed by atoms with Crippen LogP contribution in [-0.4, -0.2) is 19.7 Å². The van der Waals surface area contributed by atoms with E-state index in [0.717, 1.165) is 22.9 Å². The van der Waals surface area contributed by atoms with E-state index in [9.17, 15) is 22.0 Å². The lowest BCUT2D eigenvalue weighted by molar-refractivity contribution is -0.141. The summed E-state index contributed by atoms with van der Waals surface area (Å²) in [7, 11) is 1.37. The van der Waals surface area contributed by atoms with Gasteiger partial charge in [0.1, 0.15) is 11.6 Å². The Balaban J connectivity index is 1.76. The summed E-state index contributed by atoms with van der Waals surface area (Å²) in [6.45, 7) is -0.179. The number of rotatable bonds is 4. The molecule has 0 fully saturated rings. The zero-order valence-electron chi connectivity index (χ0n) is 13.3. The number of anilines is 1. The minimum atomic E-state index is -4.55. The van der Waals surface area contributed by atoms with Gasteiger partial charge in [-0.05, 0) is 18.2 Å². The number of aryl methyl sites for hydroxylation is 1. The van der Waals surface area contributed by atoms with Crippen LogP contribution in [0.2, 0.25) is 0 Å². The third kappa shape index (κ3) is 3.63. The second-order valence-electron chi connectivity index (χ2n) is 5.39. The summed E-state index contributed by atoms with van der Waals surface area (Å²) in [4.78, 5) is 7.91. The van der Waals surface area contributed by atoms with Gasteiger partial charge >= 0.3 is 6.18 Å². The van der Waals surface area contributed by atoms with Gasteiger partial charge in [0.05, 0.1) is 5.69 Å². The van der Waals surface area contributed by atoms with Crippen molar-refractivity contribution in [3.63, 3.8) is 0 Å². The lowest BCUT2D eigenvalue weighted by Gasteiger charge is -2.07. The van der Waals surface area contributed by atoms with Crippen LogP contribution in [0.3, 0.4) is 0 Å². The predicted octanol–water partition coefficient (Wildman–Crippen LogP) is 3.79. The van der Waals surface area contributed by atoms with Crippen LogP contribution in [0.15, 0.2) is 36.7 Å². The van der Waals surface area contributed by atoms with Crippen LogP contribution in [0.5, 0.6) is 0 Å². The largest absolute Gasteiger partial charge is 0.435 e. The average molecular weight is 369 g/mol. The molecular formula is C16H12F5N5. The van der Waals surface area contributed by atoms with E-state index < -0.39 is 23.5 Å². The maximum Gasteiger partial charge on any atom is 0.435 e. The maximum absolute atomic E-state index is 13.6. The van der Waals surface area contributed by atoms with E-state index in [2.05, 4.69) is 20.4 Å². The number of alkyl halides is 3. The van der Waals surface area contributed by atoms with E-state index in [4.69, 9.17) is 0 Å². The molecule has 2 heterocycles. The Morgan fingerprint density at radius 2 is 1.69 bits per heavy atom. The van der Waals surface area contributed by atoms with Crippen molar-refractivity contribution < 1.29 is 22.0 Å². The first-order valence-corrected chi connectivity index (χ1v) is 7.36. The number of hydrogen-bond donors (Lipinski definition) is 1. The van der Waals surface area contributed by atoms with Gasteiger partial charge in [0.2, 0.25) is 5.95 Å². The molecule has 0 aliphatic rings. The van der Waals surface area contributed by atoms with Crippen LogP contribution >= 0.6 is 0 Å². The Bertz CT molecular complexity index is 898. The van der Waals surface area contributed by atoms with E-state index in [1.807, 2.05) is 0 Å². The molecule has 0 saturated carbocycles. The van der Waals surface area contributed by atoms with Crippen LogP contribution in [0.1, 0.15) is 11.3 Å². The van der Waals surface area contributed by atoms with E-state index in [1.54, 1.807) is 0 Å². The van der Waals surface area contributed by atoms with Gasteiger partial charge in [-0.25, -0.2) is 18.7 Å². The molecule has 0 bridgehead atoms. The first-order chi connectivity index (χ1) is 12.3. The van der Waals surface area contributed by atoms with Crippen molar-refractivity contribution in [1.29, 1.82) is 0 Å². The summed E-state index contributed by atoms with van der Waals surface area (Å²) in [5, 5.41) is 6.07. The van der Waals surface area contributed by atoms with Crippen LogP contribution in [0.25, 0.3) is 11.3 Å². The Hall–Kier alpha value is -3.04. The van der Waals surface area contributed by atoms with E-state index in [-0.39, 0.29) is 23.8 Å². The Morgan fingerprint density at radius 1 is 1.08 bits per heavy atom. The van der Waals surface area contributed by atoms with Crippen LogP contribution in [0.4, 0.5) is 27.9 Å². The van der Waals surface area contributed by atoms with Gasteiger partial charge in [-0.1, -0.05) is 6.07 Å². The van der Waals surface area contributed by atoms with Crippen molar-refractivity contribution in [3.05, 3.63) is 59.6 Å². The minimum Gasteiger partial charge on any atom is -0.350 e. The van der Waals surface area contributed by atoms with Gasteiger partial charge in [-0.3, -0.25) is 4.68 Å². The zero-order valence-corrected chi connectivity index (χ0v) is 13.3. The first kappa shape index (κ1) is 17.8. The molecule has 0 atom stereocenters. The monoisotopic (exact) mass is 369 g/mol. The van der Waals surface area contributed by atoms with Crippen molar-refractivity contribution in [3.8, 4) is 11.3 Å². The summed E-state index contributed by atoms with van der Waals surface area (Å²) in [6.07, 6.45) is -1.96.